The molecule has 5 nitrogen and oxygen atoms in total. The van der Waals surface area contributed by atoms with E-state index < -0.39 is 0 Å². The number of carbonyl (C=O) groups excluding carboxylic acids is 3. The van der Waals surface area contributed by atoms with Gasteiger partial charge in [-0.2, -0.15) is 0 Å². The molecule has 5 heteroatoms. The lowest BCUT2D eigenvalue weighted by molar-refractivity contribution is -0.123. The molecule has 0 bridgehead atoms. The van der Waals surface area contributed by atoms with Gasteiger partial charge in [-0.05, 0) is 19.3 Å². The molecule has 1 fully saturated rings. The van der Waals surface area contributed by atoms with Gasteiger partial charge >= 0.3 is 0 Å². The second-order valence-corrected chi connectivity index (χ2v) is 7.53. The van der Waals surface area contributed by atoms with Crippen molar-refractivity contribution >= 4 is 17.6 Å². The van der Waals surface area contributed by atoms with E-state index >= 15 is 0 Å². The molecule has 1 aromatic rings. The third kappa shape index (κ3) is 8.37. The molecule has 0 unspecified atom stereocenters. The summed E-state index contributed by atoms with van der Waals surface area (Å²) < 4.78 is 0. The number of hydrogen-bond acceptors (Lipinski definition) is 3. The zero-order valence-corrected chi connectivity index (χ0v) is 16.4. The molecule has 148 valence electrons. The number of Topliss-reactive ketones (excluding diaryl/α,β-unsaturated/α-hetero) is 1. The molecule has 1 aliphatic rings. The molecule has 0 atom stereocenters. The van der Waals surface area contributed by atoms with Crippen LogP contribution in [0.5, 0.6) is 0 Å². The first-order chi connectivity index (χ1) is 13.0. The molecule has 27 heavy (non-hydrogen) atoms. The highest BCUT2D eigenvalue weighted by molar-refractivity contribution is 5.97. The lowest BCUT2D eigenvalue weighted by Gasteiger charge is -2.20. The van der Waals surface area contributed by atoms with Crippen LogP contribution in [0.1, 0.15) is 73.7 Å². The number of nitrogens with one attached hydrogen (secondary N) is 2. The molecule has 0 spiro atoms. The Labute approximate surface area is 162 Å². The second-order valence-electron chi connectivity index (χ2n) is 7.53. The zero-order valence-electron chi connectivity index (χ0n) is 16.4. The number of ketones is 1. The maximum atomic E-state index is 12.0. The van der Waals surface area contributed by atoms with Crippen molar-refractivity contribution in [3.63, 3.8) is 0 Å². The highest BCUT2D eigenvalue weighted by Crippen LogP contribution is 2.27. The molecule has 2 rings (SSSR count). The standard InChI is InChI=1S/C22H32N2O3/c1-17-7-10-19(11-8-17)20(25)12-14-22(27)24-16-15-23-21(26)13-9-18-5-3-2-4-6-18/h7-8,10-11,18H,2-6,9,12-16H2,1H3,(H,23,26)(H,24,27). The van der Waals surface area contributed by atoms with Crippen molar-refractivity contribution in [2.45, 2.75) is 64.7 Å². The van der Waals surface area contributed by atoms with E-state index in [0.29, 0.717) is 31.0 Å². The molecular weight excluding hydrogens is 340 g/mol. The number of amides is 2. The average Bonchev–Trinajstić information content (AvgIpc) is 2.69. The van der Waals surface area contributed by atoms with Crippen LogP contribution in [0.4, 0.5) is 0 Å². The Morgan fingerprint density at radius 1 is 0.852 bits per heavy atom. The van der Waals surface area contributed by atoms with Crippen LogP contribution in [0.25, 0.3) is 0 Å². The van der Waals surface area contributed by atoms with Crippen LogP contribution >= 0.6 is 0 Å². The third-order valence-electron chi connectivity index (χ3n) is 5.23. The molecule has 1 saturated carbocycles. The number of carbonyl (C=O) groups is 3. The summed E-state index contributed by atoms with van der Waals surface area (Å²) in [5.74, 6) is 0.577. The first-order valence-corrected chi connectivity index (χ1v) is 10.2. The van der Waals surface area contributed by atoms with Crippen LogP contribution in [-0.2, 0) is 9.59 Å². The molecule has 1 aliphatic carbocycles. The minimum atomic E-state index is -0.160. The fourth-order valence-electron chi connectivity index (χ4n) is 3.50. The Kier molecular flexibility index (Phi) is 9.02. The minimum Gasteiger partial charge on any atom is -0.354 e. The van der Waals surface area contributed by atoms with Crippen LogP contribution in [0.2, 0.25) is 0 Å². The summed E-state index contributed by atoms with van der Waals surface area (Å²) in [6.45, 7) is 2.80. The van der Waals surface area contributed by atoms with E-state index in [4.69, 9.17) is 0 Å². The number of aryl methyl sites for hydroxylation is 1. The average molecular weight is 373 g/mol. The fraction of sp³-hybridized carbons (Fsp3) is 0.591. The zero-order chi connectivity index (χ0) is 19.5. The number of benzene rings is 1. The predicted octanol–water partition coefficient (Wildman–Crippen LogP) is 3.55. The van der Waals surface area contributed by atoms with Crippen molar-refractivity contribution in [1.29, 1.82) is 0 Å². The summed E-state index contributed by atoms with van der Waals surface area (Å²) >= 11 is 0. The monoisotopic (exact) mass is 372 g/mol. The largest absolute Gasteiger partial charge is 0.354 e. The second kappa shape index (κ2) is 11.5. The van der Waals surface area contributed by atoms with Crippen LogP contribution in [0, 0.1) is 12.8 Å². The SMILES string of the molecule is Cc1ccc(C(=O)CCC(=O)NCCNC(=O)CCC2CCCCC2)cc1. The van der Waals surface area contributed by atoms with Crippen LogP contribution < -0.4 is 10.6 Å². The Bertz CT molecular complexity index is 619. The predicted molar refractivity (Wildman–Crippen MR) is 107 cm³/mol. The van der Waals surface area contributed by atoms with E-state index in [0.717, 1.165) is 12.0 Å². The van der Waals surface area contributed by atoms with Crippen molar-refractivity contribution in [3.05, 3.63) is 35.4 Å². The van der Waals surface area contributed by atoms with Gasteiger partial charge in [-0.25, -0.2) is 0 Å². The summed E-state index contributed by atoms with van der Waals surface area (Å²) in [7, 11) is 0. The van der Waals surface area contributed by atoms with Gasteiger partial charge in [-0.3, -0.25) is 14.4 Å². The molecule has 0 heterocycles. The van der Waals surface area contributed by atoms with Gasteiger partial charge in [-0.15, -0.1) is 0 Å². The molecule has 0 radical (unpaired) electrons. The van der Waals surface area contributed by atoms with Gasteiger partial charge in [0.05, 0.1) is 0 Å². The first kappa shape index (κ1) is 21.1. The normalized spacial score (nSPS) is 14.6. The lowest BCUT2D eigenvalue weighted by Crippen LogP contribution is -2.34. The molecule has 0 saturated heterocycles. The topological polar surface area (TPSA) is 75.3 Å². The Morgan fingerprint density at radius 3 is 2.07 bits per heavy atom. The first-order valence-electron chi connectivity index (χ1n) is 10.2. The fourth-order valence-corrected chi connectivity index (χ4v) is 3.50. The van der Waals surface area contributed by atoms with Crippen molar-refractivity contribution in [2.24, 2.45) is 5.92 Å². The maximum Gasteiger partial charge on any atom is 0.220 e. The van der Waals surface area contributed by atoms with E-state index in [2.05, 4.69) is 10.6 Å². The molecule has 1 aromatic carbocycles. The molecule has 0 aliphatic heterocycles. The smallest absolute Gasteiger partial charge is 0.220 e. The van der Waals surface area contributed by atoms with E-state index in [1.54, 1.807) is 12.1 Å². The highest BCUT2D eigenvalue weighted by atomic mass is 16.2. The molecule has 0 aromatic heterocycles. The van der Waals surface area contributed by atoms with Gasteiger partial charge < -0.3 is 10.6 Å². The third-order valence-corrected chi connectivity index (χ3v) is 5.23. The highest BCUT2D eigenvalue weighted by Gasteiger charge is 2.14. The summed E-state index contributed by atoms with van der Waals surface area (Å²) in [6.07, 6.45) is 8.34. The van der Waals surface area contributed by atoms with Gasteiger partial charge in [0.1, 0.15) is 0 Å². The van der Waals surface area contributed by atoms with E-state index in [1.807, 2.05) is 19.1 Å². The van der Waals surface area contributed by atoms with Crippen LogP contribution in [-0.4, -0.2) is 30.7 Å². The molecule has 2 amide bonds. The van der Waals surface area contributed by atoms with E-state index in [-0.39, 0.29) is 30.4 Å². The summed E-state index contributed by atoms with van der Waals surface area (Å²) in [5.41, 5.74) is 1.74. The Balaban J connectivity index is 1.51. The number of rotatable bonds is 10. The minimum absolute atomic E-state index is 0.0267. The summed E-state index contributed by atoms with van der Waals surface area (Å²) in [4.78, 5) is 35.7. The van der Waals surface area contributed by atoms with E-state index in [1.165, 1.54) is 32.1 Å². The molecular formula is C22H32N2O3. The van der Waals surface area contributed by atoms with Crippen molar-refractivity contribution in [2.75, 3.05) is 13.1 Å². The number of hydrogen-bond donors (Lipinski definition) is 2. The summed E-state index contributed by atoms with van der Waals surface area (Å²) in [6, 6.07) is 7.37. The van der Waals surface area contributed by atoms with Gasteiger partial charge in [0.15, 0.2) is 5.78 Å². The van der Waals surface area contributed by atoms with Gasteiger partial charge in [0.2, 0.25) is 11.8 Å². The van der Waals surface area contributed by atoms with Gasteiger partial charge in [-0.1, -0.05) is 61.9 Å². The van der Waals surface area contributed by atoms with Crippen molar-refractivity contribution in [1.82, 2.24) is 10.6 Å². The van der Waals surface area contributed by atoms with Crippen LogP contribution in [0.15, 0.2) is 24.3 Å². The van der Waals surface area contributed by atoms with Crippen LogP contribution in [0.3, 0.4) is 0 Å². The Morgan fingerprint density at radius 2 is 1.44 bits per heavy atom. The lowest BCUT2D eigenvalue weighted by atomic mass is 9.86. The Hall–Kier alpha value is -2.17. The van der Waals surface area contributed by atoms with E-state index in [9.17, 15) is 14.4 Å². The van der Waals surface area contributed by atoms with Gasteiger partial charge in [0.25, 0.3) is 0 Å². The maximum absolute atomic E-state index is 12.0. The quantitative estimate of drug-likeness (QED) is 0.487. The molecule has 2 N–H and O–H groups in total. The van der Waals surface area contributed by atoms with Crippen molar-refractivity contribution < 1.29 is 14.4 Å². The van der Waals surface area contributed by atoms with Gasteiger partial charge in [0, 0.05) is 37.9 Å². The summed E-state index contributed by atoms with van der Waals surface area (Å²) in [5, 5.41) is 5.61. The van der Waals surface area contributed by atoms with Crippen molar-refractivity contribution in [3.8, 4) is 0 Å².